The minimum atomic E-state index is 0.217. The predicted molar refractivity (Wildman–Crippen MR) is 87.7 cm³/mol. The van der Waals surface area contributed by atoms with E-state index in [2.05, 4.69) is 46.3 Å². The van der Waals surface area contributed by atoms with Crippen LogP contribution in [0.5, 0.6) is 0 Å². The number of nitrogens with zero attached hydrogens (tertiary/aromatic N) is 5. The maximum Gasteiger partial charge on any atom is 0.224 e. The Bertz CT molecular complexity index is 632. The van der Waals surface area contributed by atoms with Crippen molar-refractivity contribution in [3.63, 3.8) is 0 Å². The van der Waals surface area contributed by atoms with E-state index in [1.54, 1.807) is 12.7 Å². The second kappa shape index (κ2) is 7.37. The highest BCUT2D eigenvalue weighted by Crippen LogP contribution is 2.11. The third-order valence-electron chi connectivity index (χ3n) is 4.26. The van der Waals surface area contributed by atoms with Gasteiger partial charge in [-0.05, 0) is 12.5 Å². The van der Waals surface area contributed by atoms with Crippen molar-refractivity contribution in [2.24, 2.45) is 0 Å². The molecule has 1 fully saturated rings. The molecule has 1 aliphatic rings. The molecule has 2 aromatic rings. The second-order valence-corrected chi connectivity index (χ2v) is 6.10. The summed E-state index contributed by atoms with van der Waals surface area (Å²) in [5.74, 6) is 0.217. The lowest BCUT2D eigenvalue weighted by Crippen LogP contribution is -2.48. The summed E-state index contributed by atoms with van der Waals surface area (Å²) in [5, 5.41) is 7.50. The number of amides is 1. The number of aryl methyl sites for hydroxylation is 2. The van der Waals surface area contributed by atoms with Gasteiger partial charge in [-0.15, -0.1) is 10.2 Å². The van der Waals surface area contributed by atoms with Crippen LogP contribution >= 0.6 is 0 Å². The third kappa shape index (κ3) is 4.39. The molecule has 0 unspecified atom stereocenters. The fourth-order valence-electron chi connectivity index (χ4n) is 2.94. The number of carbonyl (C=O) groups is 1. The largest absolute Gasteiger partial charge is 0.340 e. The summed E-state index contributed by atoms with van der Waals surface area (Å²) in [6, 6.07) is 8.63. The lowest BCUT2D eigenvalue weighted by Gasteiger charge is -2.35. The summed E-state index contributed by atoms with van der Waals surface area (Å²) in [5.41, 5.74) is 2.64. The van der Waals surface area contributed by atoms with Crippen LogP contribution in [-0.4, -0.2) is 56.7 Å². The van der Waals surface area contributed by atoms with E-state index in [9.17, 15) is 4.79 Å². The van der Waals surface area contributed by atoms with Gasteiger partial charge >= 0.3 is 0 Å². The molecular formula is C17H23N5O. The van der Waals surface area contributed by atoms with Crippen LogP contribution in [0.15, 0.2) is 36.9 Å². The Morgan fingerprint density at radius 1 is 1.13 bits per heavy atom. The first kappa shape index (κ1) is 15.7. The molecule has 122 valence electrons. The van der Waals surface area contributed by atoms with E-state index >= 15 is 0 Å². The molecule has 1 aliphatic heterocycles. The van der Waals surface area contributed by atoms with Crippen LogP contribution in [0.3, 0.4) is 0 Å². The summed E-state index contributed by atoms with van der Waals surface area (Å²) in [4.78, 5) is 16.6. The second-order valence-electron chi connectivity index (χ2n) is 6.10. The molecule has 1 aromatic heterocycles. The molecule has 2 heterocycles. The highest BCUT2D eigenvalue weighted by Gasteiger charge is 2.20. The number of rotatable bonds is 5. The number of piperazine rings is 1. The third-order valence-corrected chi connectivity index (χ3v) is 4.26. The molecule has 0 spiro atoms. The van der Waals surface area contributed by atoms with Crippen molar-refractivity contribution in [2.45, 2.75) is 26.4 Å². The van der Waals surface area contributed by atoms with Crippen molar-refractivity contribution in [2.75, 3.05) is 26.2 Å². The molecule has 6 nitrogen and oxygen atoms in total. The average molecular weight is 313 g/mol. The van der Waals surface area contributed by atoms with Crippen molar-refractivity contribution in [1.82, 2.24) is 24.6 Å². The smallest absolute Gasteiger partial charge is 0.224 e. The summed E-state index contributed by atoms with van der Waals surface area (Å²) in [7, 11) is 0. The number of hydrogen-bond acceptors (Lipinski definition) is 4. The van der Waals surface area contributed by atoms with E-state index in [-0.39, 0.29) is 5.91 Å². The molecule has 0 radical (unpaired) electrons. The first-order chi connectivity index (χ1) is 11.2. The zero-order valence-corrected chi connectivity index (χ0v) is 13.6. The molecule has 0 N–H and O–H groups in total. The number of hydrogen-bond donors (Lipinski definition) is 0. The zero-order valence-electron chi connectivity index (χ0n) is 13.6. The van der Waals surface area contributed by atoms with E-state index in [0.717, 1.165) is 32.7 Å². The first-order valence-corrected chi connectivity index (χ1v) is 8.09. The summed E-state index contributed by atoms with van der Waals surface area (Å²) >= 11 is 0. The maximum atomic E-state index is 12.3. The van der Waals surface area contributed by atoms with Gasteiger partial charge in [0.05, 0.1) is 0 Å². The minimum absolute atomic E-state index is 0.217. The topological polar surface area (TPSA) is 54.3 Å². The van der Waals surface area contributed by atoms with E-state index < -0.39 is 0 Å². The van der Waals surface area contributed by atoms with Crippen molar-refractivity contribution >= 4 is 5.91 Å². The van der Waals surface area contributed by atoms with Crippen molar-refractivity contribution in [1.29, 1.82) is 0 Å². The van der Waals surface area contributed by atoms with E-state index in [1.165, 1.54) is 11.1 Å². The molecule has 0 bridgehead atoms. The highest BCUT2D eigenvalue weighted by molar-refractivity contribution is 5.76. The van der Waals surface area contributed by atoms with Crippen molar-refractivity contribution in [3.8, 4) is 0 Å². The molecule has 0 atom stereocenters. The standard InChI is InChI=1S/C17H23N5O/c1-15-3-2-4-16(11-15)12-20-7-9-22(10-8-20)17(23)5-6-21-13-18-19-14-21/h2-4,11,13-14H,5-10,12H2,1H3. The Morgan fingerprint density at radius 3 is 2.57 bits per heavy atom. The lowest BCUT2D eigenvalue weighted by molar-refractivity contribution is -0.133. The number of carbonyl (C=O) groups excluding carboxylic acids is 1. The van der Waals surface area contributed by atoms with Crippen LogP contribution in [0.4, 0.5) is 0 Å². The Balaban J connectivity index is 1.43. The number of aromatic nitrogens is 3. The SMILES string of the molecule is Cc1cccc(CN2CCN(C(=O)CCn3cnnc3)CC2)c1. The van der Waals surface area contributed by atoms with E-state index in [0.29, 0.717) is 13.0 Å². The van der Waals surface area contributed by atoms with E-state index in [4.69, 9.17) is 0 Å². The Kier molecular flexibility index (Phi) is 5.02. The minimum Gasteiger partial charge on any atom is -0.340 e. The fourth-order valence-corrected chi connectivity index (χ4v) is 2.94. The highest BCUT2D eigenvalue weighted by atomic mass is 16.2. The van der Waals surface area contributed by atoms with Gasteiger partial charge in [0.1, 0.15) is 12.7 Å². The zero-order chi connectivity index (χ0) is 16.1. The molecular weight excluding hydrogens is 290 g/mol. The normalized spacial score (nSPS) is 15.8. The Labute approximate surface area is 136 Å². The summed E-state index contributed by atoms with van der Waals surface area (Å²) in [6.07, 6.45) is 3.80. The Morgan fingerprint density at radius 2 is 1.87 bits per heavy atom. The molecule has 1 saturated heterocycles. The van der Waals surface area contributed by atoms with Gasteiger partial charge in [0.25, 0.3) is 0 Å². The van der Waals surface area contributed by atoms with Crippen LogP contribution in [0.1, 0.15) is 17.5 Å². The van der Waals surface area contributed by atoms with Crippen LogP contribution < -0.4 is 0 Å². The van der Waals surface area contributed by atoms with Crippen LogP contribution in [-0.2, 0) is 17.9 Å². The van der Waals surface area contributed by atoms with Gasteiger partial charge in [0.2, 0.25) is 5.91 Å². The molecule has 3 rings (SSSR count). The van der Waals surface area contributed by atoms with Gasteiger partial charge in [0, 0.05) is 45.7 Å². The lowest BCUT2D eigenvalue weighted by atomic mass is 10.1. The first-order valence-electron chi connectivity index (χ1n) is 8.09. The van der Waals surface area contributed by atoms with E-state index in [1.807, 2.05) is 9.47 Å². The Hall–Kier alpha value is -2.21. The molecule has 23 heavy (non-hydrogen) atoms. The van der Waals surface area contributed by atoms with Gasteiger partial charge in [-0.2, -0.15) is 0 Å². The summed E-state index contributed by atoms with van der Waals surface area (Å²) in [6.45, 7) is 7.23. The average Bonchev–Trinajstić information content (AvgIpc) is 3.07. The molecule has 1 amide bonds. The van der Waals surface area contributed by atoms with Crippen LogP contribution in [0, 0.1) is 6.92 Å². The quantitative estimate of drug-likeness (QED) is 0.835. The van der Waals surface area contributed by atoms with Crippen LogP contribution in [0.2, 0.25) is 0 Å². The van der Waals surface area contributed by atoms with Crippen LogP contribution in [0.25, 0.3) is 0 Å². The maximum absolute atomic E-state index is 12.3. The molecule has 6 heteroatoms. The number of benzene rings is 1. The molecule has 0 saturated carbocycles. The molecule has 1 aromatic carbocycles. The van der Waals surface area contributed by atoms with Gasteiger partial charge in [0.15, 0.2) is 0 Å². The van der Waals surface area contributed by atoms with Gasteiger partial charge in [-0.25, -0.2) is 0 Å². The summed E-state index contributed by atoms with van der Waals surface area (Å²) < 4.78 is 1.84. The van der Waals surface area contributed by atoms with Crippen molar-refractivity contribution < 1.29 is 4.79 Å². The van der Waals surface area contributed by atoms with Gasteiger partial charge < -0.3 is 9.47 Å². The predicted octanol–water partition coefficient (Wildman–Crippen LogP) is 1.32. The fraction of sp³-hybridized carbons (Fsp3) is 0.471. The van der Waals surface area contributed by atoms with Crippen molar-refractivity contribution in [3.05, 3.63) is 48.0 Å². The van der Waals surface area contributed by atoms with Gasteiger partial charge in [-0.1, -0.05) is 29.8 Å². The molecule has 0 aliphatic carbocycles. The monoisotopic (exact) mass is 313 g/mol. The van der Waals surface area contributed by atoms with Gasteiger partial charge in [-0.3, -0.25) is 9.69 Å².